The van der Waals surface area contributed by atoms with Gasteiger partial charge in [0.2, 0.25) is 0 Å². The van der Waals surface area contributed by atoms with Crippen molar-refractivity contribution in [3.63, 3.8) is 0 Å². The summed E-state index contributed by atoms with van der Waals surface area (Å²) in [4.78, 5) is 5.72. The molecule has 1 aromatic heterocycles. The summed E-state index contributed by atoms with van der Waals surface area (Å²) in [5, 5.41) is 3.61. The van der Waals surface area contributed by atoms with Gasteiger partial charge in [0.1, 0.15) is 0 Å². The fourth-order valence-electron chi connectivity index (χ4n) is 2.90. The standard InChI is InChI=1S/C16H26N2S/c1-13-5-3-2-4-10-18(13)12-16-9-8-15(19-16)11-17-14-6-7-14/h8-9,13-14,17H,2-7,10-12H2,1H3. The molecule has 19 heavy (non-hydrogen) atoms. The minimum Gasteiger partial charge on any atom is -0.309 e. The predicted octanol–water partition coefficient (Wildman–Crippen LogP) is 3.76. The van der Waals surface area contributed by atoms with Gasteiger partial charge in [-0.3, -0.25) is 4.90 Å². The van der Waals surface area contributed by atoms with Gasteiger partial charge >= 0.3 is 0 Å². The van der Waals surface area contributed by atoms with Gasteiger partial charge in [0.05, 0.1) is 0 Å². The van der Waals surface area contributed by atoms with Crippen molar-refractivity contribution in [2.24, 2.45) is 0 Å². The van der Waals surface area contributed by atoms with Crippen LogP contribution in [0, 0.1) is 0 Å². The molecule has 1 N–H and O–H groups in total. The highest BCUT2D eigenvalue weighted by Gasteiger charge is 2.21. The molecule has 106 valence electrons. The van der Waals surface area contributed by atoms with E-state index in [1.807, 2.05) is 11.3 Å². The molecule has 0 spiro atoms. The van der Waals surface area contributed by atoms with Gasteiger partial charge in [-0.15, -0.1) is 11.3 Å². The maximum absolute atomic E-state index is 3.61. The molecular weight excluding hydrogens is 252 g/mol. The van der Waals surface area contributed by atoms with Gasteiger partial charge < -0.3 is 5.32 Å². The molecule has 1 aromatic rings. The fourth-order valence-corrected chi connectivity index (χ4v) is 3.90. The minimum absolute atomic E-state index is 0.762. The first-order chi connectivity index (χ1) is 9.31. The van der Waals surface area contributed by atoms with E-state index >= 15 is 0 Å². The summed E-state index contributed by atoms with van der Waals surface area (Å²) in [6, 6.07) is 6.23. The zero-order valence-electron chi connectivity index (χ0n) is 12.0. The largest absolute Gasteiger partial charge is 0.309 e. The van der Waals surface area contributed by atoms with Crippen LogP contribution in [-0.2, 0) is 13.1 Å². The smallest absolute Gasteiger partial charge is 0.0330 e. The molecule has 3 heteroatoms. The van der Waals surface area contributed by atoms with Crippen LogP contribution in [0.4, 0.5) is 0 Å². The first-order valence-corrected chi connectivity index (χ1v) is 8.68. The monoisotopic (exact) mass is 278 g/mol. The highest BCUT2D eigenvalue weighted by molar-refractivity contribution is 7.11. The van der Waals surface area contributed by atoms with Gasteiger partial charge in [-0.25, -0.2) is 0 Å². The predicted molar refractivity (Wildman–Crippen MR) is 82.5 cm³/mol. The first-order valence-electron chi connectivity index (χ1n) is 7.86. The quantitative estimate of drug-likeness (QED) is 0.882. The van der Waals surface area contributed by atoms with Crippen molar-refractivity contribution in [1.82, 2.24) is 10.2 Å². The minimum atomic E-state index is 0.762. The zero-order chi connectivity index (χ0) is 13.1. The Morgan fingerprint density at radius 2 is 2.00 bits per heavy atom. The maximum Gasteiger partial charge on any atom is 0.0330 e. The highest BCUT2D eigenvalue weighted by Crippen LogP contribution is 2.24. The van der Waals surface area contributed by atoms with Crippen LogP contribution in [0.25, 0.3) is 0 Å². The molecule has 1 saturated carbocycles. The molecule has 1 aliphatic heterocycles. The molecule has 2 heterocycles. The average molecular weight is 278 g/mol. The van der Waals surface area contributed by atoms with E-state index in [1.165, 1.54) is 49.9 Å². The third-order valence-electron chi connectivity index (χ3n) is 4.41. The molecule has 0 amide bonds. The van der Waals surface area contributed by atoms with E-state index in [0.29, 0.717) is 0 Å². The lowest BCUT2D eigenvalue weighted by molar-refractivity contribution is 0.207. The average Bonchev–Trinajstić information content (AvgIpc) is 3.16. The van der Waals surface area contributed by atoms with Crippen LogP contribution in [0.1, 0.15) is 55.2 Å². The second-order valence-corrected chi connectivity index (χ2v) is 7.44. The van der Waals surface area contributed by atoms with E-state index < -0.39 is 0 Å². The Morgan fingerprint density at radius 1 is 1.16 bits per heavy atom. The lowest BCUT2D eigenvalue weighted by atomic mass is 10.1. The van der Waals surface area contributed by atoms with Crippen LogP contribution < -0.4 is 5.32 Å². The summed E-state index contributed by atoms with van der Waals surface area (Å²) in [7, 11) is 0. The SMILES string of the molecule is CC1CCCCCN1Cc1ccc(CNC2CC2)s1. The molecule has 0 bridgehead atoms. The van der Waals surface area contributed by atoms with Gasteiger partial charge in [-0.2, -0.15) is 0 Å². The Kier molecular flexibility index (Phi) is 4.57. The van der Waals surface area contributed by atoms with Crippen LogP contribution in [0.15, 0.2) is 12.1 Å². The highest BCUT2D eigenvalue weighted by atomic mass is 32.1. The number of thiophene rings is 1. The summed E-state index contributed by atoms with van der Waals surface area (Å²) in [6.07, 6.45) is 8.35. The van der Waals surface area contributed by atoms with Gasteiger partial charge in [0.15, 0.2) is 0 Å². The Labute approximate surface area is 121 Å². The van der Waals surface area contributed by atoms with Crippen LogP contribution >= 0.6 is 11.3 Å². The fraction of sp³-hybridized carbons (Fsp3) is 0.750. The number of nitrogens with zero attached hydrogens (tertiary/aromatic N) is 1. The zero-order valence-corrected chi connectivity index (χ0v) is 12.8. The second kappa shape index (κ2) is 6.38. The molecule has 1 aliphatic carbocycles. The molecule has 2 nitrogen and oxygen atoms in total. The number of nitrogens with one attached hydrogen (secondary N) is 1. The Bertz CT molecular complexity index is 397. The van der Waals surface area contributed by atoms with Gasteiger partial charge in [-0.1, -0.05) is 12.8 Å². The van der Waals surface area contributed by atoms with Gasteiger partial charge in [-0.05, 0) is 51.3 Å². The third kappa shape index (κ3) is 4.04. The molecule has 2 fully saturated rings. The lowest BCUT2D eigenvalue weighted by Gasteiger charge is -2.26. The summed E-state index contributed by atoms with van der Waals surface area (Å²) >= 11 is 2.00. The normalized spacial score (nSPS) is 25.4. The van der Waals surface area contributed by atoms with Crippen molar-refractivity contribution >= 4 is 11.3 Å². The van der Waals surface area contributed by atoms with Crippen molar-refractivity contribution in [3.8, 4) is 0 Å². The van der Waals surface area contributed by atoms with Crippen molar-refractivity contribution < 1.29 is 0 Å². The molecule has 3 rings (SSSR count). The van der Waals surface area contributed by atoms with E-state index in [-0.39, 0.29) is 0 Å². The summed E-state index contributed by atoms with van der Waals surface area (Å²) in [6.45, 7) is 5.92. The van der Waals surface area contributed by atoms with E-state index in [9.17, 15) is 0 Å². The first kappa shape index (κ1) is 13.6. The number of hydrogen-bond acceptors (Lipinski definition) is 3. The molecule has 0 radical (unpaired) electrons. The number of rotatable bonds is 5. The van der Waals surface area contributed by atoms with Gasteiger partial charge in [0, 0.05) is 34.9 Å². The van der Waals surface area contributed by atoms with E-state index in [4.69, 9.17) is 0 Å². The summed E-state index contributed by atoms with van der Waals surface area (Å²) < 4.78 is 0. The summed E-state index contributed by atoms with van der Waals surface area (Å²) in [5.74, 6) is 0. The van der Waals surface area contributed by atoms with Crippen LogP contribution in [-0.4, -0.2) is 23.5 Å². The molecule has 1 atom stereocenters. The second-order valence-electron chi connectivity index (χ2n) is 6.19. The number of likely N-dealkylation sites (tertiary alicyclic amines) is 1. The molecular formula is C16H26N2S. The van der Waals surface area contributed by atoms with Crippen molar-refractivity contribution in [2.45, 2.75) is 70.6 Å². The van der Waals surface area contributed by atoms with E-state index in [0.717, 1.165) is 25.2 Å². The maximum atomic E-state index is 3.61. The molecule has 0 aromatic carbocycles. The topological polar surface area (TPSA) is 15.3 Å². The Hall–Kier alpha value is -0.380. The van der Waals surface area contributed by atoms with Crippen LogP contribution in [0.5, 0.6) is 0 Å². The Balaban J connectivity index is 1.52. The van der Waals surface area contributed by atoms with Crippen LogP contribution in [0.3, 0.4) is 0 Å². The van der Waals surface area contributed by atoms with Crippen molar-refractivity contribution in [2.75, 3.05) is 6.54 Å². The van der Waals surface area contributed by atoms with E-state index in [1.54, 1.807) is 4.88 Å². The third-order valence-corrected chi connectivity index (χ3v) is 5.48. The van der Waals surface area contributed by atoms with Gasteiger partial charge in [0.25, 0.3) is 0 Å². The summed E-state index contributed by atoms with van der Waals surface area (Å²) in [5.41, 5.74) is 0. The van der Waals surface area contributed by atoms with Crippen molar-refractivity contribution in [1.29, 1.82) is 0 Å². The lowest BCUT2D eigenvalue weighted by Crippen LogP contribution is -2.31. The molecule has 2 aliphatic rings. The number of hydrogen-bond donors (Lipinski definition) is 1. The van der Waals surface area contributed by atoms with E-state index in [2.05, 4.69) is 29.3 Å². The Morgan fingerprint density at radius 3 is 2.84 bits per heavy atom. The molecule has 1 saturated heterocycles. The molecule has 1 unspecified atom stereocenters. The van der Waals surface area contributed by atoms with Crippen molar-refractivity contribution in [3.05, 3.63) is 21.9 Å². The van der Waals surface area contributed by atoms with Crippen LogP contribution in [0.2, 0.25) is 0 Å².